The van der Waals surface area contributed by atoms with Gasteiger partial charge in [0.2, 0.25) is 0 Å². The first kappa shape index (κ1) is 23.5. The number of imide groups is 1. The molecule has 4 rings (SSSR count). The number of halogens is 2. The van der Waals surface area contributed by atoms with E-state index >= 15 is 0 Å². The van der Waals surface area contributed by atoms with Gasteiger partial charge >= 0.3 is 0 Å². The third kappa shape index (κ3) is 4.55. The molecular formula is C26H21Cl2N3O3. The van der Waals surface area contributed by atoms with Gasteiger partial charge in [-0.2, -0.15) is 0 Å². The molecule has 6 nitrogen and oxygen atoms in total. The van der Waals surface area contributed by atoms with Gasteiger partial charge in [0.1, 0.15) is 10.7 Å². The molecule has 34 heavy (non-hydrogen) atoms. The molecule has 0 radical (unpaired) electrons. The number of rotatable bonds is 6. The smallest absolute Gasteiger partial charge is 0.283 e. The minimum absolute atomic E-state index is 0.0408. The Hall–Kier alpha value is -3.61. The second-order valence-electron chi connectivity index (χ2n) is 7.83. The van der Waals surface area contributed by atoms with Crippen LogP contribution in [-0.4, -0.2) is 17.7 Å². The average molecular weight is 494 g/mol. The van der Waals surface area contributed by atoms with Gasteiger partial charge in [-0.25, -0.2) is 4.90 Å². The van der Waals surface area contributed by atoms with E-state index in [0.29, 0.717) is 27.5 Å². The fourth-order valence-corrected chi connectivity index (χ4v) is 4.00. The summed E-state index contributed by atoms with van der Waals surface area (Å²) in [7, 11) is 0. The van der Waals surface area contributed by atoms with Crippen molar-refractivity contribution in [1.29, 1.82) is 0 Å². The minimum Gasteiger partial charge on any atom is -0.350 e. The summed E-state index contributed by atoms with van der Waals surface area (Å²) in [6.45, 7) is 3.63. The van der Waals surface area contributed by atoms with Crippen molar-refractivity contribution in [3.8, 4) is 0 Å². The topological polar surface area (TPSA) is 78.5 Å². The van der Waals surface area contributed by atoms with Crippen LogP contribution in [0.25, 0.3) is 0 Å². The van der Waals surface area contributed by atoms with Crippen molar-refractivity contribution >= 4 is 52.3 Å². The van der Waals surface area contributed by atoms with Crippen LogP contribution in [0.1, 0.15) is 34.5 Å². The fraction of sp³-hybridized carbons (Fsp3) is 0.115. The highest BCUT2D eigenvalue weighted by Gasteiger charge is 2.39. The van der Waals surface area contributed by atoms with Crippen LogP contribution in [0.2, 0.25) is 5.02 Å². The van der Waals surface area contributed by atoms with E-state index in [4.69, 9.17) is 23.2 Å². The zero-order chi connectivity index (χ0) is 24.4. The number of carbonyl (C=O) groups is 3. The van der Waals surface area contributed by atoms with Crippen molar-refractivity contribution in [2.24, 2.45) is 0 Å². The van der Waals surface area contributed by atoms with Crippen LogP contribution in [-0.2, 0) is 9.59 Å². The molecule has 0 aliphatic carbocycles. The van der Waals surface area contributed by atoms with Gasteiger partial charge in [0.25, 0.3) is 17.7 Å². The third-order valence-electron chi connectivity index (χ3n) is 5.57. The predicted octanol–water partition coefficient (Wildman–Crippen LogP) is 5.58. The zero-order valence-electron chi connectivity index (χ0n) is 18.4. The molecule has 3 aromatic rings. The van der Waals surface area contributed by atoms with E-state index in [1.807, 2.05) is 37.3 Å². The molecule has 1 aliphatic heterocycles. The number of nitrogens with zero attached hydrogens (tertiary/aromatic N) is 1. The second kappa shape index (κ2) is 9.71. The van der Waals surface area contributed by atoms with Gasteiger partial charge in [-0.1, -0.05) is 59.6 Å². The van der Waals surface area contributed by atoms with Gasteiger partial charge in [0.15, 0.2) is 0 Å². The molecule has 1 atom stereocenters. The molecule has 3 aromatic carbocycles. The highest BCUT2D eigenvalue weighted by Crippen LogP contribution is 2.34. The lowest BCUT2D eigenvalue weighted by Gasteiger charge is -2.18. The van der Waals surface area contributed by atoms with Crippen molar-refractivity contribution in [2.75, 3.05) is 10.2 Å². The molecule has 2 N–H and O–H groups in total. The van der Waals surface area contributed by atoms with E-state index in [9.17, 15) is 14.4 Å². The van der Waals surface area contributed by atoms with Crippen LogP contribution in [0.4, 0.5) is 11.4 Å². The molecule has 0 spiro atoms. The molecule has 1 aliphatic rings. The van der Waals surface area contributed by atoms with E-state index in [1.54, 1.807) is 49.4 Å². The Kier molecular flexibility index (Phi) is 6.72. The maximum atomic E-state index is 13.0. The van der Waals surface area contributed by atoms with Crippen molar-refractivity contribution in [2.45, 2.75) is 19.9 Å². The predicted molar refractivity (Wildman–Crippen MR) is 134 cm³/mol. The Labute approximate surface area is 207 Å². The summed E-state index contributed by atoms with van der Waals surface area (Å²) < 4.78 is 0. The maximum Gasteiger partial charge on any atom is 0.283 e. The first-order valence-corrected chi connectivity index (χ1v) is 11.3. The summed E-state index contributed by atoms with van der Waals surface area (Å²) in [5, 5.41) is 6.08. The number of amides is 3. The van der Waals surface area contributed by atoms with Gasteiger partial charge in [-0.3, -0.25) is 14.4 Å². The Balaban J connectivity index is 1.48. The normalized spacial score (nSPS) is 14.4. The van der Waals surface area contributed by atoms with Gasteiger partial charge < -0.3 is 10.6 Å². The first-order chi connectivity index (χ1) is 16.3. The van der Waals surface area contributed by atoms with E-state index in [2.05, 4.69) is 10.6 Å². The number of hydrogen-bond acceptors (Lipinski definition) is 4. The van der Waals surface area contributed by atoms with Crippen LogP contribution in [0.3, 0.4) is 0 Å². The van der Waals surface area contributed by atoms with Crippen molar-refractivity contribution in [1.82, 2.24) is 5.32 Å². The molecule has 0 fully saturated rings. The summed E-state index contributed by atoms with van der Waals surface area (Å²) in [6, 6.07) is 21.0. The monoisotopic (exact) mass is 493 g/mol. The van der Waals surface area contributed by atoms with Crippen LogP contribution in [0, 0.1) is 6.92 Å². The highest BCUT2D eigenvalue weighted by molar-refractivity contribution is 6.53. The molecule has 1 heterocycles. The quantitative estimate of drug-likeness (QED) is 0.439. The maximum absolute atomic E-state index is 13.0. The van der Waals surface area contributed by atoms with Crippen LogP contribution in [0.15, 0.2) is 83.5 Å². The summed E-state index contributed by atoms with van der Waals surface area (Å²) in [5.74, 6) is -1.45. The van der Waals surface area contributed by atoms with Crippen molar-refractivity contribution in [3.05, 3.63) is 105 Å². The van der Waals surface area contributed by atoms with Crippen LogP contribution < -0.4 is 15.5 Å². The number of hydrogen-bond donors (Lipinski definition) is 2. The first-order valence-electron chi connectivity index (χ1n) is 10.5. The van der Waals surface area contributed by atoms with E-state index < -0.39 is 11.8 Å². The minimum atomic E-state index is -0.634. The Morgan fingerprint density at radius 2 is 1.56 bits per heavy atom. The van der Waals surface area contributed by atoms with Crippen LogP contribution in [0.5, 0.6) is 0 Å². The highest BCUT2D eigenvalue weighted by atomic mass is 35.5. The molecule has 8 heteroatoms. The Morgan fingerprint density at radius 3 is 2.24 bits per heavy atom. The van der Waals surface area contributed by atoms with E-state index in [1.165, 1.54) is 0 Å². The summed E-state index contributed by atoms with van der Waals surface area (Å²) >= 11 is 12.4. The van der Waals surface area contributed by atoms with E-state index in [0.717, 1.165) is 10.5 Å². The molecular weight excluding hydrogens is 473 g/mol. The zero-order valence-corrected chi connectivity index (χ0v) is 19.9. The molecule has 0 saturated carbocycles. The lowest BCUT2D eigenvalue weighted by atomic mass is 10.1. The molecule has 172 valence electrons. The summed E-state index contributed by atoms with van der Waals surface area (Å²) in [5.41, 5.74) is 2.89. The summed E-state index contributed by atoms with van der Waals surface area (Å²) in [4.78, 5) is 39.4. The molecule has 3 amide bonds. The lowest BCUT2D eigenvalue weighted by Crippen LogP contribution is -2.32. The number of benzene rings is 3. The second-order valence-corrected chi connectivity index (χ2v) is 8.61. The average Bonchev–Trinajstić information content (AvgIpc) is 3.05. The summed E-state index contributed by atoms with van der Waals surface area (Å²) in [6.07, 6.45) is 0. The van der Waals surface area contributed by atoms with Gasteiger partial charge in [-0.15, -0.1) is 0 Å². The van der Waals surface area contributed by atoms with Crippen molar-refractivity contribution in [3.63, 3.8) is 0 Å². The number of anilines is 2. The standard InChI is InChI=1S/C26H21Cl2N3O3/c1-15-20(27)9-6-10-21(15)31-25(33)22(28)23(26(31)34)30-19-13-11-18(12-14-19)24(32)29-16(2)17-7-4-3-5-8-17/h3-14,16,30H,1-2H3,(H,29,32). The number of nitrogens with one attached hydrogen (secondary N) is 2. The third-order valence-corrected chi connectivity index (χ3v) is 6.33. The van der Waals surface area contributed by atoms with Crippen LogP contribution >= 0.6 is 23.2 Å². The molecule has 1 unspecified atom stereocenters. The number of carbonyl (C=O) groups excluding carboxylic acids is 3. The SMILES string of the molecule is Cc1c(Cl)cccc1N1C(=O)C(Cl)=C(Nc2ccc(C(=O)NC(C)c3ccccc3)cc2)C1=O. The molecule has 0 bridgehead atoms. The Bertz CT molecular complexity index is 1300. The van der Waals surface area contributed by atoms with Gasteiger partial charge in [-0.05, 0) is 61.4 Å². The van der Waals surface area contributed by atoms with Crippen molar-refractivity contribution < 1.29 is 14.4 Å². The molecule has 0 saturated heterocycles. The fourth-order valence-electron chi connectivity index (χ4n) is 3.62. The largest absolute Gasteiger partial charge is 0.350 e. The lowest BCUT2D eigenvalue weighted by molar-refractivity contribution is -0.120. The van der Waals surface area contributed by atoms with Gasteiger partial charge in [0, 0.05) is 16.3 Å². The van der Waals surface area contributed by atoms with E-state index in [-0.39, 0.29) is 22.7 Å². The molecule has 0 aromatic heterocycles. The Morgan fingerprint density at radius 1 is 0.882 bits per heavy atom. The van der Waals surface area contributed by atoms with Gasteiger partial charge in [0.05, 0.1) is 11.7 Å².